The standard InChI is InChI=1S/C21H22N4O2.C5H6.Fe/c1-15-9-10-19-17(13-15)20(26)21(27)25(19)12-6-2-5-11-24-14-18(22-23-24)16-7-3-4-8-16;1-2-4-5-3-1;/h3-4,7-10,13-14,16H,2,5-6,11-12H2,1H3;1-4H,5H2;/q;;+2. The van der Waals surface area contributed by atoms with E-state index in [0.717, 1.165) is 49.2 Å². The molecule has 0 unspecified atom stereocenters. The summed E-state index contributed by atoms with van der Waals surface area (Å²) in [6.45, 7) is 3.30. The molecule has 5 rings (SSSR count). The maximum absolute atomic E-state index is 12.2. The van der Waals surface area contributed by atoms with Crippen molar-refractivity contribution in [1.29, 1.82) is 0 Å². The molecule has 1 aromatic heterocycles. The van der Waals surface area contributed by atoms with Crippen molar-refractivity contribution >= 4 is 17.4 Å². The van der Waals surface area contributed by atoms with Crippen LogP contribution in [-0.4, -0.2) is 33.2 Å². The molecule has 0 fully saturated rings. The first kappa shape index (κ1) is 24.6. The number of anilines is 1. The van der Waals surface area contributed by atoms with E-state index in [1.165, 1.54) is 0 Å². The number of fused-ring (bicyclic) bond motifs is 1. The first-order valence-electron chi connectivity index (χ1n) is 11.2. The molecule has 0 saturated heterocycles. The summed E-state index contributed by atoms with van der Waals surface area (Å²) in [7, 11) is 0. The van der Waals surface area contributed by atoms with Crippen molar-refractivity contribution in [2.24, 2.45) is 0 Å². The molecule has 0 radical (unpaired) electrons. The molecule has 33 heavy (non-hydrogen) atoms. The third-order valence-electron chi connectivity index (χ3n) is 5.70. The Morgan fingerprint density at radius 2 is 1.70 bits per heavy atom. The second-order valence-electron chi connectivity index (χ2n) is 8.16. The summed E-state index contributed by atoms with van der Waals surface area (Å²) in [5.74, 6) is -0.561. The Labute approximate surface area is 205 Å². The molecule has 1 amide bonds. The number of hydrogen-bond donors (Lipinski definition) is 0. The van der Waals surface area contributed by atoms with Crippen LogP contribution in [0.5, 0.6) is 0 Å². The number of aromatic nitrogens is 3. The molecule has 2 heterocycles. The van der Waals surface area contributed by atoms with E-state index in [-0.39, 0.29) is 28.8 Å². The second kappa shape index (κ2) is 11.7. The van der Waals surface area contributed by atoms with Crippen LogP contribution in [0.2, 0.25) is 0 Å². The van der Waals surface area contributed by atoms with Gasteiger partial charge in [-0.05, 0) is 44.7 Å². The topological polar surface area (TPSA) is 68.1 Å². The van der Waals surface area contributed by atoms with Gasteiger partial charge in [0.25, 0.3) is 11.7 Å². The fourth-order valence-corrected chi connectivity index (χ4v) is 3.95. The number of Topliss-reactive ketones (excluding diaryl/α,β-unsaturated/α-hetero) is 1. The van der Waals surface area contributed by atoms with Crippen LogP contribution in [0.1, 0.15) is 53.2 Å². The maximum Gasteiger partial charge on any atom is 2.00 e. The Kier molecular flexibility index (Phi) is 8.75. The van der Waals surface area contributed by atoms with Crippen LogP contribution in [0.4, 0.5) is 5.69 Å². The van der Waals surface area contributed by atoms with Crippen molar-refractivity contribution in [3.63, 3.8) is 0 Å². The Bertz CT molecular complexity index is 1090. The molecule has 0 saturated carbocycles. The van der Waals surface area contributed by atoms with E-state index in [4.69, 9.17) is 0 Å². The van der Waals surface area contributed by atoms with Crippen molar-refractivity contribution in [3.05, 3.63) is 89.8 Å². The van der Waals surface area contributed by atoms with E-state index in [2.05, 4.69) is 46.8 Å². The maximum atomic E-state index is 12.2. The Hall–Kier alpha value is -3.02. The first-order valence-corrected chi connectivity index (χ1v) is 11.2. The number of amides is 1. The third-order valence-corrected chi connectivity index (χ3v) is 5.70. The SMILES string of the molecule is C1=CCC=C1.Cc1ccc2c(c1)C(=O)C(=O)N2CCCCCn1cc(C2C=CC=C2)nn1.[Fe+2]. The van der Waals surface area contributed by atoms with Gasteiger partial charge in [-0.1, -0.05) is 65.5 Å². The smallest absolute Gasteiger partial charge is 0.305 e. The predicted octanol–water partition coefficient (Wildman–Crippen LogP) is 4.70. The molecule has 1 aromatic carbocycles. The van der Waals surface area contributed by atoms with Gasteiger partial charge in [-0.15, -0.1) is 5.10 Å². The van der Waals surface area contributed by atoms with Crippen molar-refractivity contribution in [3.8, 4) is 0 Å². The molecule has 0 bridgehead atoms. The van der Waals surface area contributed by atoms with Crippen LogP contribution < -0.4 is 4.90 Å². The number of aryl methyl sites for hydroxylation is 2. The average Bonchev–Trinajstić information content (AvgIpc) is 3.60. The molecule has 6 nitrogen and oxygen atoms in total. The minimum absolute atomic E-state index is 0. The first-order chi connectivity index (χ1) is 15.6. The fraction of sp³-hybridized carbons (Fsp3) is 0.308. The average molecular weight is 484 g/mol. The van der Waals surface area contributed by atoms with E-state index in [1.54, 1.807) is 11.0 Å². The zero-order chi connectivity index (χ0) is 22.3. The summed E-state index contributed by atoms with van der Waals surface area (Å²) in [5, 5.41) is 8.42. The number of rotatable bonds is 7. The predicted molar refractivity (Wildman–Crippen MR) is 126 cm³/mol. The van der Waals surface area contributed by atoms with Crippen molar-refractivity contribution in [2.45, 2.75) is 45.1 Å². The zero-order valence-corrected chi connectivity index (χ0v) is 19.8. The number of carbonyl (C=O) groups is 2. The van der Waals surface area contributed by atoms with E-state index in [9.17, 15) is 9.59 Å². The number of hydrogen-bond acceptors (Lipinski definition) is 4. The summed E-state index contributed by atoms with van der Waals surface area (Å²) in [4.78, 5) is 26.0. The van der Waals surface area contributed by atoms with Crippen molar-refractivity contribution in [1.82, 2.24) is 15.0 Å². The van der Waals surface area contributed by atoms with Gasteiger partial charge in [0.1, 0.15) is 0 Å². The largest absolute Gasteiger partial charge is 2.00 e. The number of nitrogens with zero attached hydrogens (tertiary/aromatic N) is 4. The second-order valence-corrected chi connectivity index (χ2v) is 8.16. The summed E-state index contributed by atoms with van der Waals surface area (Å²) < 4.78 is 1.87. The normalized spacial score (nSPS) is 15.7. The minimum atomic E-state index is -0.408. The van der Waals surface area contributed by atoms with Gasteiger partial charge in [-0.3, -0.25) is 14.3 Å². The minimum Gasteiger partial charge on any atom is -0.305 e. The number of ketones is 1. The molecule has 1 aliphatic heterocycles. The van der Waals surface area contributed by atoms with Crippen molar-refractivity contribution < 1.29 is 26.7 Å². The van der Waals surface area contributed by atoms with Crippen LogP contribution in [0.25, 0.3) is 0 Å². The summed E-state index contributed by atoms with van der Waals surface area (Å²) >= 11 is 0. The van der Waals surface area contributed by atoms with E-state index in [0.29, 0.717) is 12.1 Å². The van der Waals surface area contributed by atoms with Gasteiger partial charge in [-0.25, -0.2) is 0 Å². The van der Waals surface area contributed by atoms with Gasteiger partial charge in [0.15, 0.2) is 0 Å². The van der Waals surface area contributed by atoms with E-state index in [1.807, 2.05) is 42.1 Å². The zero-order valence-electron chi connectivity index (χ0n) is 18.7. The van der Waals surface area contributed by atoms with Crippen LogP contribution in [0.3, 0.4) is 0 Å². The van der Waals surface area contributed by atoms with Gasteiger partial charge in [0, 0.05) is 25.2 Å². The van der Waals surface area contributed by atoms with Gasteiger partial charge in [-0.2, -0.15) is 0 Å². The molecule has 0 N–H and O–H groups in total. The van der Waals surface area contributed by atoms with Crippen molar-refractivity contribution in [2.75, 3.05) is 11.4 Å². The Morgan fingerprint density at radius 1 is 0.970 bits per heavy atom. The van der Waals surface area contributed by atoms with Crippen LogP contribution >= 0.6 is 0 Å². The number of allylic oxidation sites excluding steroid dienone is 8. The Balaban J connectivity index is 0.000000453. The summed E-state index contributed by atoms with van der Waals surface area (Å²) in [5.41, 5.74) is 3.24. The van der Waals surface area contributed by atoms with E-state index < -0.39 is 5.91 Å². The van der Waals surface area contributed by atoms with Gasteiger partial charge in [0.05, 0.1) is 16.9 Å². The summed E-state index contributed by atoms with van der Waals surface area (Å²) in [6, 6.07) is 5.61. The molecule has 0 atom stereocenters. The quantitative estimate of drug-likeness (QED) is 0.325. The van der Waals surface area contributed by atoms with Crippen LogP contribution in [-0.2, 0) is 28.4 Å². The van der Waals surface area contributed by atoms with Crippen LogP contribution in [0, 0.1) is 6.92 Å². The fourth-order valence-electron chi connectivity index (χ4n) is 3.95. The van der Waals surface area contributed by atoms with Gasteiger partial charge >= 0.3 is 17.1 Å². The number of carbonyl (C=O) groups excluding carboxylic acids is 2. The molecular formula is C26H28FeN4O2+2. The summed E-state index contributed by atoms with van der Waals surface area (Å²) in [6.07, 6.45) is 22.5. The molecule has 0 spiro atoms. The molecule has 170 valence electrons. The van der Waals surface area contributed by atoms with Crippen LogP contribution in [0.15, 0.2) is 73.0 Å². The molecule has 7 heteroatoms. The van der Waals surface area contributed by atoms with Gasteiger partial charge in [0.2, 0.25) is 0 Å². The van der Waals surface area contributed by atoms with E-state index >= 15 is 0 Å². The molecule has 2 aromatic rings. The molecule has 3 aliphatic rings. The number of benzene rings is 1. The third kappa shape index (κ3) is 6.06. The monoisotopic (exact) mass is 484 g/mol. The molecular weight excluding hydrogens is 456 g/mol. The molecule has 2 aliphatic carbocycles. The Morgan fingerprint density at radius 3 is 2.39 bits per heavy atom. The number of unbranched alkanes of at least 4 members (excludes halogenated alkanes) is 2. The van der Waals surface area contributed by atoms with Gasteiger partial charge < -0.3 is 4.90 Å².